The number of nitrogens with zero attached hydrogens (tertiary/aromatic N) is 2. The van der Waals surface area contributed by atoms with Gasteiger partial charge in [-0.1, -0.05) is 0 Å². The molecule has 0 aromatic carbocycles. The summed E-state index contributed by atoms with van der Waals surface area (Å²) in [6.07, 6.45) is -2.91. The second kappa shape index (κ2) is 3.58. The van der Waals surface area contributed by atoms with Crippen LogP contribution in [-0.2, 0) is 6.18 Å². The molecule has 0 spiro atoms. The van der Waals surface area contributed by atoms with Crippen molar-refractivity contribution >= 4 is 5.91 Å². The molecule has 0 atom stereocenters. The van der Waals surface area contributed by atoms with Gasteiger partial charge in [-0.25, -0.2) is 15.8 Å². The first-order chi connectivity index (χ1) is 6.46. The number of halogens is 3. The smallest absolute Gasteiger partial charge is 0.289 e. The molecule has 1 rings (SSSR count). The summed E-state index contributed by atoms with van der Waals surface area (Å²) in [6, 6.07) is 0. The van der Waals surface area contributed by atoms with Crippen LogP contribution >= 0.6 is 0 Å². The molecular weight excluding hydrogens is 201 g/mol. The molecule has 1 amide bonds. The number of amides is 1. The molecule has 0 radical (unpaired) electrons. The first-order valence-electron chi connectivity index (χ1n) is 3.36. The zero-order valence-electron chi connectivity index (χ0n) is 6.67. The van der Waals surface area contributed by atoms with Gasteiger partial charge in [-0.3, -0.25) is 10.2 Å². The van der Waals surface area contributed by atoms with Gasteiger partial charge in [0.1, 0.15) is 0 Å². The molecule has 76 valence electrons. The van der Waals surface area contributed by atoms with Crippen molar-refractivity contribution in [1.29, 1.82) is 0 Å². The first-order valence-corrected chi connectivity index (χ1v) is 3.36. The standard InChI is InChI=1S/C6H5F3N4O/c7-6(8,9)4-3(5(14)13-10)11-1-2-12-4/h1-2H,10H2,(H,13,14). The molecule has 0 bridgehead atoms. The lowest BCUT2D eigenvalue weighted by Crippen LogP contribution is -2.33. The molecule has 1 aromatic heterocycles. The van der Waals surface area contributed by atoms with Crippen LogP contribution in [0.3, 0.4) is 0 Å². The fraction of sp³-hybridized carbons (Fsp3) is 0.167. The number of nitrogens with two attached hydrogens (primary N) is 1. The Balaban J connectivity index is 3.23. The minimum atomic E-state index is -4.73. The van der Waals surface area contributed by atoms with Crippen LogP contribution in [0.15, 0.2) is 12.4 Å². The molecule has 0 aliphatic carbocycles. The van der Waals surface area contributed by atoms with Gasteiger partial charge in [-0.15, -0.1) is 0 Å². The topological polar surface area (TPSA) is 80.9 Å². The van der Waals surface area contributed by atoms with Crippen molar-refractivity contribution in [3.8, 4) is 0 Å². The van der Waals surface area contributed by atoms with Gasteiger partial charge in [0.25, 0.3) is 5.91 Å². The van der Waals surface area contributed by atoms with Crippen LogP contribution in [-0.4, -0.2) is 15.9 Å². The van der Waals surface area contributed by atoms with Crippen molar-refractivity contribution in [3.05, 3.63) is 23.8 Å². The molecule has 0 fully saturated rings. The summed E-state index contributed by atoms with van der Waals surface area (Å²) in [5, 5.41) is 0. The molecule has 8 heteroatoms. The molecule has 1 aromatic rings. The average Bonchev–Trinajstić information content (AvgIpc) is 2.15. The lowest BCUT2D eigenvalue weighted by atomic mass is 10.3. The Labute approximate surface area is 76.1 Å². The number of nitrogen functional groups attached to an aromatic ring is 1. The van der Waals surface area contributed by atoms with E-state index in [1.165, 1.54) is 0 Å². The van der Waals surface area contributed by atoms with E-state index < -0.39 is 23.5 Å². The lowest BCUT2D eigenvalue weighted by molar-refractivity contribution is -0.141. The minimum Gasteiger partial charge on any atom is -0.289 e. The number of hydrogen-bond acceptors (Lipinski definition) is 4. The Kier molecular flexibility index (Phi) is 2.65. The zero-order valence-corrected chi connectivity index (χ0v) is 6.67. The van der Waals surface area contributed by atoms with Crippen molar-refractivity contribution in [1.82, 2.24) is 15.4 Å². The van der Waals surface area contributed by atoms with Crippen molar-refractivity contribution in [3.63, 3.8) is 0 Å². The van der Waals surface area contributed by atoms with Gasteiger partial charge in [0.2, 0.25) is 0 Å². The first kappa shape index (κ1) is 10.4. The number of hydrogen-bond donors (Lipinski definition) is 2. The Bertz CT molecular complexity index is 351. The van der Waals surface area contributed by atoms with E-state index in [2.05, 4.69) is 15.8 Å². The third-order valence-electron chi connectivity index (χ3n) is 1.31. The van der Waals surface area contributed by atoms with Crippen LogP contribution in [0.25, 0.3) is 0 Å². The summed E-state index contributed by atoms with van der Waals surface area (Å²) in [6.45, 7) is 0. The van der Waals surface area contributed by atoms with Crippen molar-refractivity contribution in [2.45, 2.75) is 6.18 Å². The third kappa shape index (κ3) is 1.96. The van der Waals surface area contributed by atoms with Gasteiger partial charge in [0, 0.05) is 12.4 Å². The predicted molar refractivity (Wildman–Crippen MR) is 38.7 cm³/mol. The molecule has 0 saturated carbocycles. The highest BCUT2D eigenvalue weighted by molar-refractivity contribution is 5.92. The van der Waals surface area contributed by atoms with Gasteiger partial charge in [-0.05, 0) is 0 Å². The van der Waals surface area contributed by atoms with E-state index in [9.17, 15) is 18.0 Å². The van der Waals surface area contributed by atoms with Crippen LogP contribution in [0.5, 0.6) is 0 Å². The van der Waals surface area contributed by atoms with Crippen LogP contribution in [0.4, 0.5) is 13.2 Å². The summed E-state index contributed by atoms with van der Waals surface area (Å²) in [5.41, 5.74) is -0.651. The van der Waals surface area contributed by atoms with E-state index in [1.54, 1.807) is 5.43 Å². The van der Waals surface area contributed by atoms with Gasteiger partial charge in [0.05, 0.1) is 0 Å². The summed E-state index contributed by atoms with van der Waals surface area (Å²) in [4.78, 5) is 17.1. The van der Waals surface area contributed by atoms with E-state index in [0.717, 1.165) is 12.4 Å². The van der Waals surface area contributed by atoms with Crippen molar-refractivity contribution in [2.75, 3.05) is 0 Å². The van der Waals surface area contributed by atoms with Gasteiger partial charge < -0.3 is 0 Å². The molecule has 0 unspecified atom stereocenters. The Hall–Kier alpha value is -1.70. The Morgan fingerprint density at radius 3 is 2.43 bits per heavy atom. The summed E-state index contributed by atoms with van der Waals surface area (Å²) in [7, 11) is 0. The number of alkyl halides is 3. The summed E-state index contributed by atoms with van der Waals surface area (Å²) in [5.74, 6) is 3.55. The van der Waals surface area contributed by atoms with Crippen molar-refractivity contribution in [2.24, 2.45) is 5.84 Å². The van der Waals surface area contributed by atoms with Crippen molar-refractivity contribution < 1.29 is 18.0 Å². The largest absolute Gasteiger partial charge is 0.435 e. The minimum absolute atomic E-state index is 0.843. The number of carbonyl (C=O) groups is 1. The molecular formula is C6H5F3N4O. The summed E-state index contributed by atoms with van der Waals surface area (Å²) < 4.78 is 36.7. The second-order valence-electron chi connectivity index (χ2n) is 2.22. The highest BCUT2D eigenvalue weighted by Gasteiger charge is 2.37. The van der Waals surface area contributed by atoms with E-state index in [4.69, 9.17) is 0 Å². The van der Waals surface area contributed by atoms with Gasteiger partial charge >= 0.3 is 6.18 Å². The molecule has 3 N–H and O–H groups in total. The van der Waals surface area contributed by atoms with E-state index >= 15 is 0 Å². The van der Waals surface area contributed by atoms with E-state index in [1.807, 2.05) is 0 Å². The van der Waals surface area contributed by atoms with E-state index in [-0.39, 0.29) is 0 Å². The second-order valence-corrected chi connectivity index (χ2v) is 2.22. The SMILES string of the molecule is NNC(=O)c1nccnc1C(F)(F)F. The van der Waals surface area contributed by atoms with Gasteiger partial charge in [-0.2, -0.15) is 13.2 Å². The summed E-state index contributed by atoms with van der Waals surface area (Å²) >= 11 is 0. The monoisotopic (exact) mass is 206 g/mol. The number of nitrogens with one attached hydrogen (secondary N) is 1. The highest BCUT2D eigenvalue weighted by atomic mass is 19.4. The molecule has 1 heterocycles. The van der Waals surface area contributed by atoms with Gasteiger partial charge in [0.15, 0.2) is 11.4 Å². The van der Waals surface area contributed by atoms with Crippen LogP contribution in [0.1, 0.15) is 16.2 Å². The maximum atomic E-state index is 12.2. The third-order valence-corrected chi connectivity index (χ3v) is 1.31. The average molecular weight is 206 g/mol. The number of rotatable bonds is 1. The molecule has 0 aliphatic heterocycles. The van der Waals surface area contributed by atoms with E-state index in [0.29, 0.717) is 0 Å². The van der Waals surface area contributed by atoms with Crippen LogP contribution in [0, 0.1) is 0 Å². The Morgan fingerprint density at radius 2 is 1.93 bits per heavy atom. The number of carbonyl (C=O) groups excluding carboxylic acids is 1. The Morgan fingerprint density at radius 1 is 1.36 bits per heavy atom. The highest BCUT2D eigenvalue weighted by Crippen LogP contribution is 2.28. The number of aromatic nitrogens is 2. The molecule has 0 aliphatic rings. The van der Waals surface area contributed by atoms with Crippen LogP contribution in [0.2, 0.25) is 0 Å². The molecule has 0 saturated heterocycles. The quantitative estimate of drug-likeness (QED) is 0.388. The zero-order chi connectivity index (χ0) is 10.8. The molecule has 14 heavy (non-hydrogen) atoms. The molecule has 5 nitrogen and oxygen atoms in total. The fourth-order valence-corrected chi connectivity index (χ4v) is 0.780. The maximum Gasteiger partial charge on any atom is 0.435 e. The lowest BCUT2D eigenvalue weighted by Gasteiger charge is -2.08. The normalized spacial score (nSPS) is 11.1. The predicted octanol–water partition coefficient (Wildman–Crippen LogP) is 0.0989. The fourth-order valence-electron chi connectivity index (χ4n) is 0.780. The van der Waals surface area contributed by atoms with Crippen LogP contribution < -0.4 is 11.3 Å². The maximum absolute atomic E-state index is 12.2. The number of hydrazine groups is 1.